The maximum absolute atomic E-state index is 6.56. The fraction of sp³-hybridized carbons (Fsp3) is 0.667. The average molecular weight is 290 g/mol. The van der Waals surface area contributed by atoms with Crippen LogP contribution in [0.25, 0.3) is 0 Å². The van der Waals surface area contributed by atoms with Gasteiger partial charge in [0.15, 0.2) is 0 Å². The molecule has 3 heteroatoms. The standard InChI is InChI=1S/C18H30N2O/c1-6-16-11-21-15(5)9-20(16)10-17(19)18-13(3)7-12(2)8-14(18)4/h7-8,15-17H,6,9-11,19H2,1-5H3. The Kier molecular flexibility index (Phi) is 5.42. The number of hydrogen-bond acceptors (Lipinski definition) is 3. The van der Waals surface area contributed by atoms with Crippen LogP contribution in [0.5, 0.6) is 0 Å². The van der Waals surface area contributed by atoms with Crippen molar-refractivity contribution in [3.05, 3.63) is 34.4 Å². The van der Waals surface area contributed by atoms with Crippen LogP contribution in [0.15, 0.2) is 12.1 Å². The molecule has 3 unspecified atom stereocenters. The van der Waals surface area contributed by atoms with Gasteiger partial charge >= 0.3 is 0 Å². The third-order valence-corrected chi connectivity index (χ3v) is 4.59. The topological polar surface area (TPSA) is 38.5 Å². The van der Waals surface area contributed by atoms with E-state index in [0.29, 0.717) is 12.1 Å². The average Bonchev–Trinajstić information content (AvgIpc) is 2.37. The van der Waals surface area contributed by atoms with E-state index in [2.05, 4.69) is 51.7 Å². The molecule has 0 aromatic heterocycles. The maximum atomic E-state index is 6.56. The summed E-state index contributed by atoms with van der Waals surface area (Å²) < 4.78 is 5.78. The SMILES string of the molecule is CCC1COC(C)CN1CC(N)c1c(C)cc(C)cc1C. The summed E-state index contributed by atoms with van der Waals surface area (Å²) in [7, 11) is 0. The Morgan fingerprint density at radius 2 is 1.90 bits per heavy atom. The lowest BCUT2D eigenvalue weighted by atomic mass is 9.93. The number of benzene rings is 1. The molecule has 3 atom stereocenters. The fourth-order valence-corrected chi connectivity index (χ4v) is 3.63. The van der Waals surface area contributed by atoms with Crippen molar-refractivity contribution in [2.24, 2.45) is 5.73 Å². The van der Waals surface area contributed by atoms with Crippen LogP contribution in [0.3, 0.4) is 0 Å². The molecule has 2 N–H and O–H groups in total. The van der Waals surface area contributed by atoms with Crippen molar-refractivity contribution >= 4 is 0 Å². The van der Waals surface area contributed by atoms with Gasteiger partial charge in [-0.15, -0.1) is 0 Å². The predicted octanol–water partition coefficient (Wildman–Crippen LogP) is 3.11. The van der Waals surface area contributed by atoms with Gasteiger partial charge < -0.3 is 10.5 Å². The third kappa shape index (κ3) is 3.85. The van der Waals surface area contributed by atoms with E-state index in [0.717, 1.165) is 26.1 Å². The summed E-state index contributed by atoms with van der Waals surface area (Å²) in [6, 6.07) is 5.05. The summed E-state index contributed by atoms with van der Waals surface area (Å²) in [4.78, 5) is 2.51. The van der Waals surface area contributed by atoms with Crippen LogP contribution < -0.4 is 5.73 Å². The molecule has 0 radical (unpaired) electrons. The lowest BCUT2D eigenvalue weighted by molar-refractivity contribution is -0.0575. The molecule has 2 rings (SSSR count). The number of ether oxygens (including phenoxy) is 1. The van der Waals surface area contributed by atoms with E-state index in [4.69, 9.17) is 10.5 Å². The fourth-order valence-electron chi connectivity index (χ4n) is 3.63. The van der Waals surface area contributed by atoms with Crippen LogP contribution >= 0.6 is 0 Å². The normalized spacial score (nSPS) is 25.0. The number of rotatable bonds is 4. The van der Waals surface area contributed by atoms with E-state index < -0.39 is 0 Å². The van der Waals surface area contributed by atoms with E-state index in [1.807, 2.05) is 0 Å². The van der Waals surface area contributed by atoms with Crippen molar-refractivity contribution < 1.29 is 4.74 Å². The van der Waals surface area contributed by atoms with E-state index in [1.54, 1.807) is 0 Å². The van der Waals surface area contributed by atoms with Gasteiger partial charge in [-0.05, 0) is 50.8 Å². The third-order valence-electron chi connectivity index (χ3n) is 4.59. The van der Waals surface area contributed by atoms with E-state index in [9.17, 15) is 0 Å². The zero-order valence-electron chi connectivity index (χ0n) is 14.1. The van der Waals surface area contributed by atoms with Gasteiger partial charge in [-0.25, -0.2) is 0 Å². The molecule has 1 aromatic rings. The number of hydrogen-bond donors (Lipinski definition) is 1. The largest absolute Gasteiger partial charge is 0.376 e. The smallest absolute Gasteiger partial charge is 0.0674 e. The van der Waals surface area contributed by atoms with Gasteiger partial charge in [-0.1, -0.05) is 24.6 Å². The second-order valence-corrected chi connectivity index (χ2v) is 6.58. The second kappa shape index (κ2) is 6.91. The molecule has 1 aromatic carbocycles. The molecule has 0 spiro atoms. The van der Waals surface area contributed by atoms with Crippen LogP contribution in [-0.4, -0.2) is 36.7 Å². The Balaban J connectivity index is 2.15. The summed E-state index contributed by atoms with van der Waals surface area (Å²) >= 11 is 0. The molecule has 1 aliphatic rings. The Morgan fingerprint density at radius 1 is 1.29 bits per heavy atom. The van der Waals surface area contributed by atoms with Crippen LogP contribution in [0.4, 0.5) is 0 Å². The van der Waals surface area contributed by atoms with Crippen molar-refractivity contribution in [3.8, 4) is 0 Å². The summed E-state index contributed by atoms with van der Waals surface area (Å²) in [5.74, 6) is 0. The Labute approximate surface area is 129 Å². The van der Waals surface area contributed by atoms with Gasteiger partial charge in [-0.2, -0.15) is 0 Å². The molecule has 0 saturated carbocycles. The molecular formula is C18H30N2O. The molecule has 0 amide bonds. The van der Waals surface area contributed by atoms with E-state index in [1.165, 1.54) is 22.3 Å². The number of aryl methyl sites for hydroxylation is 3. The van der Waals surface area contributed by atoms with Crippen LogP contribution in [-0.2, 0) is 4.74 Å². The molecule has 3 nitrogen and oxygen atoms in total. The van der Waals surface area contributed by atoms with Crippen molar-refractivity contribution in [2.45, 2.75) is 59.2 Å². The molecule has 1 fully saturated rings. The number of morpholine rings is 1. The summed E-state index contributed by atoms with van der Waals surface area (Å²) in [6.45, 7) is 13.6. The zero-order valence-corrected chi connectivity index (χ0v) is 14.1. The first-order valence-electron chi connectivity index (χ1n) is 8.11. The number of nitrogens with two attached hydrogens (primary N) is 1. The molecule has 21 heavy (non-hydrogen) atoms. The Hall–Kier alpha value is -0.900. The summed E-state index contributed by atoms with van der Waals surface area (Å²) in [6.07, 6.45) is 1.42. The predicted molar refractivity (Wildman–Crippen MR) is 88.6 cm³/mol. The quantitative estimate of drug-likeness (QED) is 0.926. The van der Waals surface area contributed by atoms with Crippen molar-refractivity contribution in [3.63, 3.8) is 0 Å². The number of nitrogens with zero attached hydrogens (tertiary/aromatic N) is 1. The molecule has 1 saturated heterocycles. The van der Waals surface area contributed by atoms with Gasteiger partial charge in [0.1, 0.15) is 0 Å². The second-order valence-electron chi connectivity index (χ2n) is 6.58. The maximum Gasteiger partial charge on any atom is 0.0674 e. The Morgan fingerprint density at radius 3 is 2.48 bits per heavy atom. The van der Waals surface area contributed by atoms with Gasteiger partial charge in [0.2, 0.25) is 0 Å². The molecular weight excluding hydrogens is 260 g/mol. The molecule has 0 aliphatic carbocycles. The van der Waals surface area contributed by atoms with Crippen LogP contribution in [0, 0.1) is 20.8 Å². The zero-order chi connectivity index (χ0) is 15.6. The molecule has 1 aliphatic heterocycles. The van der Waals surface area contributed by atoms with E-state index in [-0.39, 0.29) is 6.04 Å². The highest BCUT2D eigenvalue weighted by atomic mass is 16.5. The van der Waals surface area contributed by atoms with Crippen LogP contribution in [0.2, 0.25) is 0 Å². The first-order chi connectivity index (χ1) is 9.92. The molecule has 1 heterocycles. The van der Waals surface area contributed by atoms with Crippen molar-refractivity contribution in [1.29, 1.82) is 0 Å². The lowest BCUT2D eigenvalue weighted by Gasteiger charge is -2.39. The highest BCUT2D eigenvalue weighted by molar-refractivity contribution is 5.39. The van der Waals surface area contributed by atoms with Gasteiger partial charge in [0, 0.05) is 25.2 Å². The van der Waals surface area contributed by atoms with E-state index >= 15 is 0 Å². The first-order valence-corrected chi connectivity index (χ1v) is 8.11. The monoisotopic (exact) mass is 290 g/mol. The Bertz CT molecular complexity index is 463. The minimum absolute atomic E-state index is 0.0740. The first kappa shape index (κ1) is 16.5. The van der Waals surface area contributed by atoms with Gasteiger partial charge in [0.25, 0.3) is 0 Å². The minimum Gasteiger partial charge on any atom is -0.376 e. The van der Waals surface area contributed by atoms with Crippen molar-refractivity contribution in [2.75, 3.05) is 19.7 Å². The van der Waals surface area contributed by atoms with Crippen molar-refractivity contribution in [1.82, 2.24) is 4.90 Å². The summed E-state index contributed by atoms with van der Waals surface area (Å²) in [5, 5.41) is 0. The summed E-state index contributed by atoms with van der Waals surface area (Å²) in [5.41, 5.74) is 11.8. The highest BCUT2D eigenvalue weighted by Gasteiger charge is 2.27. The van der Waals surface area contributed by atoms with Gasteiger partial charge in [-0.3, -0.25) is 4.90 Å². The van der Waals surface area contributed by atoms with Crippen LogP contribution in [0.1, 0.15) is 48.6 Å². The molecule has 0 bridgehead atoms. The lowest BCUT2D eigenvalue weighted by Crippen LogP contribution is -2.50. The molecule has 118 valence electrons. The van der Waals surface area contributed by atoms with Gasteiger partial charge in [0.05, 0.1) is 12.7 Å². The highest BCUT2D eigenvalue weighted by Crippen LogP contribution is 2.25. The minimum atomic E-state index is 0.0740.